The number of aryl methyl sites for hydroxylation is 1. The highest BCUT2D eigenvalue weighted by Gasteiger charge is 2.30. The fourth-order valence-electron chi connectivity index (χ4n) is 3.69. The number of para-hydroxylation sites is 1. The maximum Gasteiger partial charge on any atom is 0.266 e. The summed E-state index contributed by atoms with van der Waals surface area (Å²) in [4.78, 5) is 15.0. The van der Waals surface area contributed by atoms with Gasteiger partial charge in [-0.25, -0.2) is 0 Å². The number of hydrogen-bond donors (Lipinski definition) is 0. The molecule has 2 heterocycles. The molecule has 0 spiro atoms. The second kappa shape index (κ2) is 8.34. The van der Waals surface area contributed by atoms with Crippen molar-refractivity contribution in [1.82, 2.24) is 9.47 Å². The number of nitrogens with zero attached hydrogens (tertiary/aromatic N) is 2. The van der Waals surface area contributed by atoms with Gasteiger partial charge < -0.3 is 4.57 Å². The molecule has 1 aliphatic heterocycles. The number of thioether (sulfide) groups is 1. The molecule has 2 aromatic carbocycles. The van der Waals surface area contributed by atoms with Crippen molar-refractivity contribution in [2.45, 2.75) is 26.8 Å². The largest absolute Gasteiger partial charge is 0.342 e. The summed E-state index contributed by atoms with van der Waals surface area (Å²) < 4.78 is 2.90. The third-order valence-corrected chi connectivity index (χ3v) is 6.77. The van der Waals surface area contributed by atoms with Crippen LogP contribution < -0.4 is 0 Å². The smallest absolute Gasteiger partial charge is 0.266 e. The van der Waals surface area contributed by atoms with Crippen LogP contribution in [0.15, 0.2) is 53.6 Å². The number of aromatic nitrogens is 1. The maximum absolute atomic E-state index is 12.7. The summed E-state index contributed by atoms with van der Waals surface area (Å²) >= 11 is 12.8. The van der Waals surface area contributed by atoms with E-state index >= 15 is 0 Å². The van der Waals surface area contributed by atoms with E-state index < -0.39 is 0 Å². The molecule has 0 radical (unpaired) electrons. The second-order valence-corrected chi connectivity index (χ2v) is 9.04. The van der Waals surface area contributed by atoms with Crippen LogP contribution in [0.4, 0.5) is 0 Å². The Balaban J connectivity index is 1.81. The number of thiocarbonyl (C=S) groups is 1. The predicted molar refractivity (Wildman–Crippen MR) is 127 cm³/mol. The van der Waals surface area contributed by atoms with Gasteiger partial charge in [0.05, 0.1) is 10.4 Å². The van der Waals surface area contributed by atoms with Gasteiger partial charge in [-0.05, 0) is 42.7 Å². The van der Waals surface area contributed by atoms with Gasteiger partial charge in [0.1, 0.15) is 4.32 Å². The van der Waals surface area contributed by atoms with Gasteiger partial charge in [0.25, 0.3) is 5.91 Å². The number of hydrogen-bond acceptors (Lipinski definition) is 3. The van der Waals surface area contributed by atoms with E-state index in [1.165, 1.54) is 28.4 Å². The topological polar surface area (TPSA) is 25.2 Å². The normalized spacial score (nSPS) is 15.8. The molecule has 0 aliphatic carbocycles. The van der Waals surface area contributed by atoms with Crippen LogP contribution in [0.3, 0.4) is 0 Å². The monoisotopic (exact) mass is 440 g/mol. The Morgan fingerprint density at radius 2 is 1.90 bits per heavy atom. The number of fused-ring (bicyclic) bond motifs is 1. The highest BCUT2D eigenvalue weighted by Crippen LogP contribution is 2.35. The fourth-order valence-corrected chi connectivity index (χ4v) is 5.19. The molecule has 148 valence electrons. The van der Waals surface area contributed by atoms with Crippen molar-refractivity contribution in [1.29, 1.82) is 0 Å². The maximum atomic E-state index is 12.7. The zero-order chi connectivity index (χ0) is 20.5. The lowest BCUT2D eigenvalue weighted by molar-refractivity contribution is -0.121. The Morgan fingerprint density at radius 1 is 1.14 bits per heavy atom. The molecule has 4 rings (SSSR count). The third kappa shape index (κ3) is 3.87. The van der Waals surface area contributed by atoms with Crippen LogP contribution in [0.25, 0.3) is 17.0 Å². The Kier molecular flexibility index (Phi) is 5.81. The lowest BCUT2D eigenvalue weighted by atomic mass is 10.1. The van der Waals surface area contributed by atoms with Gasteiger partial charge in [0.15, 0.2) is 0 Å². The number of likely N-dealkylation sites (N-methyl/N-ethyl adjacent to an activating group) is 1. The number of rotatable bonds is 5. The first-order chi connectivity index (χ1) is 14.0. The first kappa shape index (κ1) is 20.2. The molecular formula is C23H21ClN2OS2. The van der Waals surface area contributed by atoms with Crippen molar-refractivity contribution in [3.63, 3.8) is 0 Å². The van der Waals surface area contributed by atoms with Crippen molar-refractivity contribution in [2.75, 3.05) is 6.54 Å². The van der Waals surface area contributed by atoms with Gasteiger partial charge in [-0.15, -0.1) is 0 Å². The average Bonchev–Trinajstić information content (AvgIpc) is 3.20. The highest BCUT2D eigenvalue weighted by atomic mass is 35.5. The van der Waals surface area contributed by atoms with Crippen molar-refractivity contribution in [3.05, 3.63) is 75.3 Å². The number of carbonyl (C=O) groups is 1. The third-order valence-electron chi connectivity index (χ3n) is 5.14. The minimum absolute atomic E-state index is 0.00672. The van der Waals surface area contributed by atoms with Crippen molar-refractivity contribution < 1.29 is 4.79 Å². The number of amides is 1. The molecule has 3 nitrogen and oxygen atoms in total. The lowest BCUT2D eigenvalue weighted by Crippen LogP contribution is -2.27. The standard InChI is InChI=1S/C23H21ClN2OS2/c1-3-16-6-5-7-19-17(12-20-22(27)26(4-2)23(28)29-20)14-25(21(16)19)13-15-8-10-18(24)11-9-15/h5-12,14H,3-4,13H2,1-2H3/b20-12-. The fraction of sp³-hybridized carbons (Fsp3) is 0.217. The van der Waals surface area contributed by atoms with Gasteiger partial charge >= 0.3 is 0 Å². The molecule has 0 N–H and O–H groups in total. The Labute approximate surface area is 185 Å². The Morgan fingerprint density at radius 3 is 2.55 bits per heavy atom. The number of carbonyl (C=O) groups excluding carboxylic acids is 1. The van der Waals surface area contributed by atoms with Gasteiger partial charge in [0.2, 0.25) is 0 Å². The summed E-state index contributed by atoms with van der Waals surface area (Å²) in [6.45, 7) is 5.45. The average molecular weight is 441 g/mol. The molecule has 29 heavy (non-hydrogen) atoms. The van der Waals surface area contributed by atoms with Crippen LogP contribution in [0, 0.1) is 0 Å². The predicted octanol–water partition coefficient (Wildman–Crippen LogP) is 6.13. The first-order valence-electron chi connectivity index (χ1n) is 9.62. The number of benzene rings is 2. The molecule has 1 aromatic heterocycles. The molecule has 3 aromatic rings. The molecule has 1 fully saturated rings. The van der Waals surface area contributed by atoms with Gasteiger partial charge in [-0.2, -0.15) is 0 Å². The van der Waals surface area contributed by atoms with E-state index in [1.54, 1.807) is 4.90 Å². The van der Waals surface area contributed by atoms with Gasteiger partial charge in [-0.3, -0.25) is 9.69 Å². The molecule has 0 unspecified atom stereocenters. The molecule has 1 aliphatic rings. The number of halogens is 1. The summed E-state index contributed by atoms with van der Waals surface area (Å²) in [5, 5.41) is 1.89. The molecule has 1 saturated heterocycles. The van der Waals surface area contributed by atoms with E-state index in [0.717, 1.165) is 28.9 Å². The van der Waals surface area contributed by atoms with Crippen molar-refractivity contribution in [2.24, 2.45) is 0 Å². The van der Waals surface area contributed by atoms with Crippen LogP contribution in [0.2, 0.25) is 5.02 Å². The molecule has 6 heteroatoms. The van der Waals surface area contributed by atoms with Crippen LogP contribution >= 0.6 is 35.6 Å². The van der Waals surface area contributed by atoms with E-state index in [0.29, 0.717) is 15.8 Å². The zero-order valence-electron chi connectivity index (χ0n) is 16.3. The van der Waals surface area contributed by atoms with E-state index in [4.69, 9.17) is 23.8 Å². The second-order valence-electron chi connectivity index (χ2n) is 6.93. The van der Waals surface area contributed by atoms with E-state index in [1.807, 2.05) is 25.1 Å². The van der Waals surface area contributed by atoms with Crippen molar-refractivity contribution in [3.8, 4) is 0 Å². The summed E-state index contributed by atoms with van der Waals surface area (Å²) in [6, 6.07) is 14.3. The van der Waals surface area contributed by atoms with Crippen LogP contribution in [-0.4, -0.2) is 26.2 Å². The summed E-state index contributed by atoms with van der Waals surface area (Å²) in [5.41, 5.74) is 4.72. The minimum atomic E-state index is -0.00672. The van der Waals surface area contributed by atoms with Gasteiger partial charge in [-0.1, -0.05) is 72.8 Å². The van der Waals surface area contributed by atoms with E-state index in [2.05, 4.69) is 48.0 Å². The van der Waals surface area contributed by atoms with Gasteiger partial charge in [0, 0.05) is 35.3 Å². The SMILES string of the molecule is CCc1cccc2c(/C=C3\SC(=S)N(CC)C3=O)cn(Cc3ccc(Cl)cc3)c12. The summed E-state index contributed by atoms with van der Waals surface area (Å²) in [5.74, 6) is -0.00672. The lowest BCUT2D eigenvalue weighted by Gasteiger charge is -2.09. The van der Waals surface area contributed by atoms with E-state index in [9.17, 15) is 4.79 Å². The minimum Gasteiger partial charge on any atom is -0.342 e. The summed E-state index contributed by atoms with van der Waals surface area (Å²) in [7, 11) is 0. The zero-order valence-corrected chi connectivity index (χ0v) is 18.7. The highest BCUT2D eigenvalue weighted by molar-refractivity contribution is 8.26. The molecular weight excluding hydrogens is 420 g/mol. The molecule has 0 atom stereocenters. The Bertz CT molecular complexity index is 1130. The van der Waals surface area contributed by atoms with E-state index in [-0.39, 0.29) is 5.91 Å². The Hall–Kier alpha value is -2.08. The van der Waals surface area contributed by atoms with Crippen LogP contribution in [-0.2, 0) is 17.8 Å². The van der Waals surface area contributed by atoms with Crippen LogP contribution in [0.1, 0.15) is 30.5 Å². The first-order valence-corrected chi connectivity index (χ1v) is 11.2. The molecule has 1 amide bonds. The summed E-state index contributed by atoms with van der Waals surface area (Å²) in [6.07, 6.45) is 5.06. The molecule has 0 saturated carbocycles. The molecule has 0 bridgehead atoms. The quantitative estimate of drug-likeness (QED) is 0.352. The van der Waals surface area contributed by atoms with Crippen molar-refractivity contribution >= 4 is 62.8 Å². The van der Waals surface area contributed by atoms with Crippen LogP contribution in [0.5, 0.6) is 0 Å².